The van der Waals surface area contributed by atoms with Gasteiger partial charge in [0.15, 0.2) is 0 Å². The number of nitrogens with one attached hydrogen (secondary N) is 1. The van der Waals surface area contributed by atoms with Crippen LogP contribution in [0, 0.1) is 17.2 Å². The highest BCUT2D eigenvalue weighted by Gasteiger charge is 2.20. The number of hydrogen-bond donors (Lipinski definition) is 1. The van der Waals surface area contributed by atoms with E-state index in [4.69, 9.17) is 5.26 Å². The fourth-order valence-corrected chi connectivity index (χ4v) is 3.68. The molecule has 1 N–H and O–H groups in total. The van der Waals surface area contributed by atoms with Crippen molar-refractivity contribution in [3.63, 3.8) is 0 Å². The van der Waals surface area contributed by atoms with Gasteiger partial charge >= 0.3 is 0 Å². The lowest BCUT2D eigenvalue weighted by atomic mass is 9.97. The van der Waals surface area contributed by atoms with E-state index in [0.29, 0.717) is 22.9 Å². The van der Waals surface area contributed by atoms with Gasteiger partial charge < -0.3 is 10.2 Å². The van der Waals surface area contributed by atoms with Crippen LogP contribution in [0.1, 0.15) is 24.8 Å². The zero-order valence-corrected chi connectivity index (χ0v) is 14.2. The van der Waals surface area contributed by atoms with E-state index in [0.717, 1.165) is 39.0 Å². The zero-order valence-electron chi connectivity index (χ0n) is 13.4. The molecule has 0 aromatic carbocycles. The molecule has 8 heteroatoms. The summed E-state index contributed by atoms with van der Waals surface area (Å²) in [7, 11) is 0. The summed E-state index contributed by atoms with van der Waals surface area (Å²) in [6.45, 7) is 3.70. The number of rotatable bonds is 6. The first-order chi connectivity index (χ1) is 11.7. The van der Waals surface area contributed by atoms with Crippen molar-refractivity contribution in [1.82, 2.24) is 19.9 Å². The van der Waals surface area contributed by atoms with Crippen molar-refractivity contribution >= 4 is 22.2 Å². The quantitative estimate of drug-likeness (QED) is 0.865. The molecule has 1 saturated heterocycles. The van der Waals surface area contributed by atoms with E-state index in [2.05, 4.69) is 26.6 Å². The van der Waals surface area contributed by atoms with Gasteiger partial charge in [0.1, 0.15) is 11.1 Å². The van der Waals surface area contributed by atoms with Crippen LogP contribution >= 0.6 is 11.3 Å². The first kappa shape index (κ1) is 16.6. The van der Waals surface area contributed by atoms with Crippen molar-refractivity contribution in [3.05, 3.63) is 29.4 Å². The number of aromatic nitrogens is 3. The minimum absolute atomic E-state index is 0.0290. The molecule has 2 aromatic rings. The summed E-state index contributed by atoms with van der Waals surface area (Å²) in [6, 6.07) is 3.81. The topological polar surface area (TPSA) is 86.8 Å². The SMILES string of the molecule is N#Cc1ccsc1NC(=O)CCN1CCC(Cn2ccnn2)CC1. The van der Waals surface area contributed by atoms with Crippen molar-refractivity contribution in [2.75, 3.05) is 25.0 Å². The minimum atomic E-state index is -0.0290. The van der Waals surface area contributed by atoms with Gasteiger partial charge in [-0.05, 0) is 43.3 Å². The van der Waals surface area contributed by atoms with Crippen LogP contribution in [-0.2, 0) is 11.3 Å². The number of likely N-dealkylation sites (tertiary alicyclic amines) is 1. The Balaban J connectivity index is 1.37. The summed E-state index contributed by atoms with van der Waals surface area (Å²) >= 11 is 1.38. The molecule has 0 saturated carbocycles. The van der Waals surface area contributed by atoms with Gasteiger partial charge in [0.2, 0.25) is 5.91 Å². The second-order valence-corrected chi connectivity index (χ2v) is 6.90. The van der Waals surface area contributed by atoms with Crippen molar-refractivity contribution in [2.24, 2.45) is 5.92 Å². The average molecular weight is 344 g/mol. The number of carbonyl (C=O) groups is 1. The Morgan fingerprint density at radius 3 is 3.00 bits per heavy atom. The molecule has 0 spiro atoms. The Morgan fingerprint density at radius 1 is 1.46 bits per heavy atom. The summed E-state index contributed by atoms with van der Waals surface area (Å²) in [4.78, 5) is 14.4. The molecule has 0 radical (unpaired) electrons. The predicted molar refractivity (Wildman–Crippen MR) is 91.5 cm³/mol. The van der Waals surface area contributed by atoms with Gasteiger partial charge in [-0.3, -0.25) is 9.48 Å². The van der Waals surface area contributed by atoms with Crippen LogP contribution in [0.2, 0.25) is 0 Å². The van der Waals surface area contributed by atoms with Gasteiger partial charge in [0.25, 0.3) is 0 Å². The maximum atomic E-state index is 12.0. The number of nitrogens with zero attached hydrogens (tertiary/aromatic N) is 5. The van der Waals surface area contributed by atoms with Crippen LogP contribution in [0.4, 0.5) is 5.00 Å². The average Bonchev–Trinajstić information content (AvgIpc) is 3.26. The number of carbonyl (C=O) groups excluding carboxylic acids is 1. The number of thiophene rings is 1. The monoisotopic (exact) mass is 344 g/mol. The Bertz CT molecular complexity index is 696. The molecule has 0 unspecified atom stereocenters. The molecule has 1 fully saturated rings. The highest BCUT2D eigenvalue weighted by Crippen LogP contribution is 2.22. The highest BCUT2D eigenvalue weighted by atomic mass is 32.1. The lowest BCUT2D eigenvalue weighted by Gasteiger charge is -2.31. The standard InChI is InChI=1S/C16H20N6OS/c17-11-14-4-10-24-16(14)19-15(23)3-8-21-6-1-13(2-7-21)12-22-9-5-18-20-22/h4-5,9-10,13H,1-3,6-8,12H2,(H,19,23). The second kappa shape index (κ2) is 8.04. The fraction of sp³-hybridized carbons (Fsp3) is 0.500. The van der Waals surface area contributed by atoms with Crippen molar-refractivity contribution in [2.45, 2.75) is 25.8 Å². The van der Waals surface area contributed by atoms with Gasteiger partial charge in [-0.2, -0.15) is 5.26 Å². The molecule has 126 valence electrons. The van der Waals surface area contributed by atoms with Gasteiger partial charge in [-0.1, -0.05) is 5.21 Å². The molecule has 3 rings (SSSR count). The molecule has 7 nitrogen and oxygen atoms in total. The Kier molecular flexibility index (Phi) is 5.56. The first-order valence-corrected chi connectivity index (χ1v) is 8.96. The molecular formula is C16H20N6OS. The molecule has 0 bridgehead atoms. The highest BCUT2D eigenvalue weighted by molar-refractivity contribution is 7.14. The normalized spacial score (nSPS) is 16.0. The number of piperidine rings is 1. The smallest absolute Gasteiger partial charge is 0.226 e. The van der Waals surface area contributed by atoms with Crippen LogP contribution in [0.5, 0.6) is 0 Å². The summed E-state index contributed by atoms with van der Waals surface area (Å²) in [5.41, 5.74) is 0.530. The van der Waals surface area contributed by atoms with E-state index >= 15 is 0 Å². The molecule has 0 aliphatic carbocycles. The third-order valence-corrected chi connectivity index (χ3v) is 5.15. The van der Waals surface area contributed by atoms with Crippen LogP contribution in [0.25, 0.3) is 0 Å². The van der Waals surface area contributed by atoms with Crippen LogP contribution in [0.3, 0.4) is 0 Å². The summed E-state index contributed by atoms with van der Waals surface area (Å²) in [6.07, 6.45) is 6.29. The maximum absolute atomic E-state index is 12.0. The lowest BCUT2D eigenvalue weighted by molar-refractivity contribution is -0.116. The first-order valence-electron chi connectivity index (χ1n) is 8.08. The number of hydrogen-bond acceptors (Lipinski definition) is 6. The number of nitriles is 1. The number of anilines is 1. The van der Waals surface area contributed by atoms with Crippen molar-refractivity contribution in [1.29, 1.82) is 5.26 Å². The van der Waals surface area contributed by atoms with Gasteiger partial charge in [-0.25, -0.2) is 0 Å². The fourth-order valence-electron chi connectivity index (χ4n) is 2.93. The van der Waals surface area contributed by atoms with Gasteiger partial charge in [0, 0.05) is 25.7 Å². The maximum Gasteiger partial charge on any atom is 0.226 e. The Labute approximate surface area is 144 Å². The summed E-state index contributed by atoms with van der Waals surface area (Å²) < 4.78 is 1.89. The number of amides is 1. The van der Waals surface area contributed by atoms with Crippen LogP contribution in [-0.4, -0.2) is 45.4 Å². The summed E-state index contributed by atoms with van der Waals surface area (Å²) in [5.74, 6) is 0.597. The van der Waals surface area contributed by atoms with E-state index in [1.165, 1.54) is 11.3 Å². The minimum Gasteiger partial charge on any atom is -0.317 e. The van der Waals surface area contributed by atoms with E-state index < -0.39 is 0 Å². The molecule has 1 amide bonds. The summed E-state index contributed by atoms with van der Waals surface area (Å²) in [5, 5.41) is 22.1. The van der Waals surface area contributed by atoms with Crippen LogP contribution < -0.4 is 5.32 Å². The zero-order chi connectivity index (χ0) is 16.8. The molecular weight excluding hydrogens is 324 g/mol. The molecule has 0 atom stereocenters. The van der Waals surface area contributed by atoms with E-state index in [9.17, 15) is 4.79 Å². The van der Waals surface area contributed by atoms with Gasteiger partial charge in [0.05, 0.1) is 11.8 Å². The Morgan fingerprint density at radius 2 is 2.29 bits per heavy atom. The Hall–Kier alpha value is -2.24. The van der Waals surface area contributed by atoms with E-state index in [1.807, 2.05) is 16.3 Å². The molecule has 2 aromatic heterocycles. The third-order valence-electron chi connectivity index (χ3n) is 4.32. The lowest BCUT2D eigenvalue weighted by Crippen LogP contribution is -2.36. The largest absolute Gasteiger partial charge is 0.317 e. The molecule has 1 aliphatic heterocycles. The third kappa shape index (κ3) is 4.40. The van der Waals surface area contributed by atoms with Crippen LogP contribution in [0.15, 0.2) is 23.8 Å². The van der Waals surface area contributed by atoms with E-state index in [-0.39, 0.29) is 5.91 Å². The molecule has 24 heavy (non-hydrogen) atoms. The molecule has 1 aliphatic rings. The van der Waals surface area contributed by atoms with E-state index in [1.54, 1.807) is 12.3 Å². The second-order valence-electron chi connectivity index (χ2n) is 5.98. The molecule has 3 heterocycles. The van der Waals surface area contributed by atoms with Crippen molar-refractivity contribution in [3.8, 4) is 6.07 Å². The van der Waals surface area contributed by atoms with Crippen molar-refractivity contribution < 1.29 is 4.79 Å². The van der Waals surface area contributed by atoms with Gasteiger partial charge in [-0.15, -0.1) is 16.4 Å². The predicted octanol–water partition coefficient (Wildman–Crippen LogP) is 1.95.